The summed E-state index contributed by atoms with van der Waals surface area (Å²) in [7, 11) is 0. The van der Waals surface area contributed by atoms with Gasteiger partial charge in [-0.05, 0) is 24.3 Å². The van der Waals surface area contributed by atoms with Gasteiger partial charge in [0.05, 0.1) is 6.54 Å². The van der Waals surface area contributed by atoms with Crippen molar-refractivity contribution in [1.82, 2.24) is 0 Å². The van der Waals surface area contributed by atoms with Crippen molar-refractivity contribution in [1.29, 1.82) is 0 Å². The highest BCUT2D eigenvalue weighted by molar-refractivity contribution is 6.30. The number of hydrogen-bond donors (Lipinski definition) is 1. The summed E-state index contributed by atoms with van der Waals surface area (Å²) < 4.78 is 13.3. The van der Waals surface area contributed by atoms with Crippen molar-refractivity contribution in [3.63, 3.8) is 0 Å². The van der Waals surface area contributed by atoms with Crippen LogP contribution in [0.2, 0.25) is 5.02 Å². The SMILES string of the molecule is Oc1ccc(Cl)cc1C=NCc1ccccc1F. The van der Waals surface area contributed by atoms with Gasteiger partial charge in [-0.15, -0.1) is 0 Å². The number of rotatable bonds is 3. The van der Waals surface area contributed by atoms with Gasteiger partial charge < -0.3 is 5.11 Å². The number of aliphatic imine (C=N–C) groups is 1. The minimum atomic E-state index is -0.287. The standard InChI is InChI=1S/C14H11ClFNO/c15-12-5-6-14(18)11(7-12)9-17-8-10-3-1-2-4-13(10)16/h1-7,9,18H,8H2. The number of hydrogen-bond acceptors (Lipinski definition) is 2. The third kappa shape index (κ3) is 3.08. The second-order valence-electron chi connectivity index (χ2n) is 3.76. The Morgan fingerprint density at radius 1 is 1.22 bits per heavy atom. The van der Waals surface area contributed by atoms with E-state index in [0.29, 0.717) is 16.1 Å². The summed E-state index contributed by atoms with van der Waals surface area (Å²) in [6.07, 6.45) is 1.48. The average molecular weight is 264 g/mol. The van der Waals surface area contributed by atoms with Crippen molar-refractivity contribution < 1.29 is 9.50 Å². The molecular formula is C14H11ClFNO. The predicted molar refractivity (Wildman–Crippen MR) is 70.8 cm³/mol. The van der Waals surface area contributed by atoms with Crippen LogP contribution >= 0.6 is 11.6 Å². The van der Waals surface area contributed by atoms with E-state index in [1.54, 1.807) is 30.3 Å². The molecule has 0 unspecified atom stereocenters. The minimum absolute atomic E-state index is 0.0942. The lowest BCUT2D eigenvalue weighted by Crippen LogP contribution is -1.89. The predicted octanol–water partition coefficient (Wildman–Crippen LogP) is 3.80. The second-order valence-corrected chi connectivity index (χ2v) is 4.20. The maximum absolute atomic E-state index is 13.3. The fourth-order valence-corrected chi connectivity index (χ4v) is 1.68. The Morgan fingerprint density at radius 3 is 2.78 bits per heavy atom. The molecule has 2 rings (SSSR count). The maximum atomic E-state index is 13.3. The third-order valence-electron chi connectivity index (χ3n) is 2.44. The van der Waals surface area contributed by atoms with E-state index in [2.05, 4.69) is 4.99 Å². The van der Waals surface area contributed by atoms with Crippen LogP contribution in [-0.4, -0.2) is 11.3 Å². The molecule has 0 aromatic heterocycles. The average Bonchev–Trinajstić information content (AvgIpc) is 2.36. The van der Waals surface area contributed by atoms with E-state index in [1.807, 2.05) is 0 Å². The zero-order valence-corrected chi connectivity index (χ0v) is 10.2. The first-order chi connectivity index (χ1) is 8.66. The van der Waals surface area contributed by atoms with Crippen LogP contribution in [0.3, 0.4) is 0 Å². The number of phenols is 1. The summed E-state index contributed by atoms with van der Waals surface area (Å²) in [6, 6.07) is 11.1. The van der Waals surface area contributed by atoms with Crippen molar-refractivity contribution in [2.45, 2.75) is 6.54 Å². The summed E-state index contributed by atoms with van der Waals surface area (Å²) in [6.45, 7) is 0.221. The van der Waals surface area contributed by atoms with E-state index in [0.717, 1.165) is 0 Å². The number of phenolic OH excluding ortho intramolecular Hbond substituents is 1. The van der Waals surface area contributed by atoms with Crippen molar-refractivity contribution >= 4 is 17.8 Å². The summed E-state index contributed by atoms with van der Waals surface area (Å²) >= 11 is 5.81. The van der Waals surface area contributed by atoms with Crippen LogP contribution in [0.15, 0.2) is 47.5 Å². The van der Waals surface area contributed by atoms with E-state index in [1.165, 1.54) is 18.3 Å². The van der Waals surface area contributed by atoms with Crippen LogP contribution in [0.4, 0.5) is 4.39 Å². The quantitative estimate of drug-likeness (QED) is 0.840. The molecule has 18 heavy (non-hydrogen) atoms. The molecule has 0 aliphatic heterocycles. The molecule has 2 nitrogen and oxygen atoms in total. The highest BCUT2D eigenvalue weighted by atomic mass is 35.5. The van der Waals surface area contributed by atoms with Gasteiger partial charge in [0.15, 0.2) is 0 Å². The molecule has 0 atom stereocenters. The van der Waals surface area contributed by atoms with Gasteiger partial charge in [-0.2, -0.15) is 0 Å². The van der Waals surface area contributed by atoms with E-state index in [4.69, 9.17) is 11.6 Å². The van der Waals surface area contributed by atoms with Gasteiger partial charge in [0, 0.05) is 22.4 Å². The largest absolute Gasteiger partial charge is 0.507 e. The Kier molecular flexibility index (Phi) is 3.95. The smallest absolute Gasteiger partial charge is 0.128 e. The van der Waals surface area contributed by atoms with Crippen molar-refractivity contribution in [3.8, 4) is 5.75 Å². The van der Waals surface area contributed by atoms with Gasteiger partial charge in [0.1, 0.15) is 11.6 Å². The first kappa shape index (κ1) is 12.6. The van der Waals surface area contributed by atoms with Gasteiger partial charge in [0.25, 0.3) is 0 Å². The summed E-state index contributed by atoms with van der Waals surface area (Å²) in [5, 5.41) is 10.1. The normalized spacial score (nSPS) is 11.0. The van der Waals surface area contributed by atoms with Gasteiger partial charge >= 0.3 is 0 Å². The van der Waals surface area contributed by atoms with E-state index in [-0.39, 0.29) is 18.1 Å². The molecule has 0 spiro atoms. The number of halogens is 2. The fourth-order valence-electron chi connectivity index (χ4n) is 1.50. The Labute approximate surface area is 109 Å². The molecule has 0 heterocycles. The van der Waals surface area contributed by atoms with E-state index in [9.17, 15) is 9.50 Å². The lowest BCUT2D eigenvalue weighted by Gasteiger charge is -2.00. The molecule has 0 aliphatic rings. The Morgan fingerprint density at radius 2 is 2.00 bits per heavy atom. The highest BCUT2D eigenvalue weighted by Gasteiger charge is 2.00. The number of nitrogens with zero attached hydrogens (tertiary/aromatic N) is 1. The molecular weight excluding hydrogens is 253 g/mol. The molecule has 0 saturated heterocycles. The third-order valence-corrected chi connectivity index (χ3v) is 2.67. The lowest BCUT2D eigenvalue weighted by molar-refractivity contribution is 0.474. The molecule has 0 fully saturated rings. The van der Waals surface area contributed by atoms with Gasteiger partial charge in [-0.3, -0.25) is 4.99 Å². The van der Waals surface area contributed by atoms with Crippen LogP contribution in [-0.2, 0) is 6.54 Å². The zero-order valence-electron chi connectivity index (χ0n) is 9.48. The Bertz CT molecular complexity index is 584. The van der Waals surface area contributed by atoms with Gasteiger partial charge in [-0.1, -0.05) is 29.8 Å². The van der Waals surface area contributed by atoms with E-state index >= 15 is 0 Å². The highest BCUT2D eigenvalue weighted by Crippen LogP contribution is 2.19. The van der Waals surface area contributed by atoms with Gasteiger partial charge in [0.2, 0.25) is 0 Å². The fraction of sp³-hybridized carbons (Fsp3) is 0.0714. The molecule has 2 aromatic carbocycles. The monoisotopic (exact) mass is 263 g/mol. The van der Waals surface area contributed by atoms with Crippen molar-refractivity contribution in [2.75, 3.05) is 0 Å². The second kappa shape index (κ2) is 5.65. The van der Waals surface area contributed by atoms with Crippen molar-refractivity contribution in [3.05, 3.63) is 64.4 Å². The van der Waals surface area contributed by atoms with Gasteiger partial charge in [-0.25, -0.2) is 4.39 Å². The van der Waals surface area contributed by atoms with Crippen LogP contribution in [0.5, 0.6) is 5.75 Å². The number of benzene rings is 2. The molecule has 4 heteroatoms. The van der Waals surface area contributed by atoms with Crippen LogP contribution in [0.25, 0.3) is 0 Å². The van der Waals surface area contributed by atoms with E-state index < -0.39 is 0 Å². The first-order valence-corrected chi connectivity index (χ1v) is 5.76. The Balaban J connectivity index is 2.12. The van der Waals surface area contributed by atoms with Crippen LogP contribution < -0.4 is 0 Å². The number of aromatic hydroxyl groups is 1. The zero-order chi connectivity index (χ0) is 13.0. The summed E-state index contributed by atoms with van der Waals surface area (Å²) in [4.78, 5) is 4.09. The summed E-state index contributed by atoms with van der Waals surface area (Å²) in [5.41, 5.74) is 1.02. The van der Waals surface area contributed by atoms with Crippen LogP contribution in [0, 0.1) is 5.82 Å². The summed E-state index contributed by atoms with van der Waals surface area (Å²) in [5.74, 6) is -0.193. The molecule has 0 bridgehead atoms. The maximum Gasteiger partial charge on any atom is 0.128 e. The minimum Gasteiger partial charge on any atom is -0.507 e. The van der Waals surface area contributed by atoms with Crippen molar-refractivity contribution in [2.24, 2.45) is 4.99 Å². The Hall–Kier alpha value is -1.87. The molecule has 0 aliphatic carbocycles. The molecule has 0 saturated carbocycles. The molecule has 0 amide bonds. The van der Waals surface area contributed by atoms with Crippen LogP contribution in [0.1, 0.15) is 11.1 Å². The topological polar surface area (TPSA) is 32.6 Å². The molecule has 2 aromatic rings. The molecule has 92 valence electrons. The lowest BCUT2D eigenvalue weighted by atomic mass is 10.2. The first-order valence-electron chi connectivity index (χ1n) is 5.38. The molecule has 1 N–H and O–H groups in total. The molecule has 0 radical (unpaired) electrons.